The first-order valence-corrected chi connectivity index (χ1v) is 6.21. The number of Topliss-reactive ketones (excluding diaryl/α,β-unsaturated/α-hetero) is 1. The molecule has 0 radical (unpaired) electrons. The lowest BCUT2D eigenvalue weighted by molar-refractivity contribution is -0.114. The normalized spacial score (nSPS) is 11.5. The fourth-order valence-corrected chi connectivity index (χ4v) is 2.05. The highest BCUT2D eigenvalue weighted by Gasteiger charge is 2.17. The van der Waals surface area contributed by atoms with E-state index < -0.39 is 17.4 Å². The summed E-state index contributed by atoms with van der Waals surface area (Å²) in [6, 6.07) is 7.13. The maximum atomic E-state index is 11.7. The van der Waals surface area contributed by atoms with Gasteiger partial charge in [0.1, 0.15) is 0 Å². The average Bonchev–Trinajstić information content (AvgIpc) is 2.28. The molecule has 0 heterocycles. The quantitative estimate of drug-likeness (QED) is 0.282. The Hall–Kier alpha value is -1.86. The van der Waals surface area contributed by atoms with Gasteiger partial charge in [0.25, 0.3) is 5.91 Å². The predicted molar refractivity (Wildman–Crippen MR) is 74.5 cm³/mol. The van der Waals surface area contributed by atoms with Crippen molar-refractivity contribution in [3.8, 4) is 0 Å². The van der Waals surface area contributed by atoms with E-state index in [-0.39, 0.29) is 0 Å². The third-order valence-corrected chi connectivity index (χ3v) is 2.86. The molecule has 1 amide bonds. The van der Waals surface area contributed by atoms with E-state index in [4.69, 9.17) is 5.21 Å². The Morgan fingerprint density at radius 2 is 2.05 bits per heavy atom. The molecule has 19 heavy (non-hydrogen) atoms. The second-order valence-electron chi connectivity index (χ2n) is 3.89. The number of hydrogen-bond acceptors (Lipinski definition) is 6. The SMILES string of the molecule is CC(=O)/C(=N\O)C(=O)Nc1cccc(SN(C)C)c1. The van der Waals surface area contributed by atoms with E-state index in [1.165, 1.54) is 11.9 Å². The third kappa shape index (κ3) is 4.72. The monoisotopic (exact) mass is 281 g/mol. The van der Waals surface area contributed by atoms with Crippen LogP contribution in [0.5, 0.6) is 0 Å². The molecule has 102 valence electrons. The standard InChI is InChI=1S/C12H15N3O3S/c1-8(16)11(14-18)12(17)13-9-5-4-6-10(7-9)19-15(2)3/h4-7,18H,1-3H3,(H,13,17)/b14-11+. The summed E-state index contributed by atoms with van der Waals surface area (Å²) in [7, 11) is 3.81. The number of nitrogens with one attached hydrogen (secondary N) is 1. The summed E-state index contributed by atoms with van der Waals surface area (Å²) in [6.07, 6.45) is 0. The van der Waals surface area contributed by atoms with Gasteiger partial charge in [0.05, 0.1) is 0 Å². The van der Waals surface area contributed by atoms with Crippen LogP contribution in [0.1, 0.15) is 6.92 Å². The number of carbonyl (C=O) groups excluding carboxylic acids is 2. The van der Waals surface area contributed by atoms with Crippen molar-refractivity contribution in [1.82, 2.24) is 4.31 Å². The van der Waals surface area contributed by atoms with Crippen molar-refractivity contribution in [3.63, 3.8) is 0 Å². The highest BCUT2D eigenvalue weighted by molar-refractivity contribution is 7.97. The minimum Gasteiger partial charge on any atom is -0.410 e. The molecule has 0 saturated carbocycles. The Morgan fingerprint density at radius 1 is 1.37 bits per heavy atom. The van der Waals surface area contributed by atoms with Crippen molar-refractivity contribution in [2.45, 2.75) is 11.8 Å². The van der Waals surface area contributed by atoms with E-state index in [0.717, 1.165) is 11.8 Å². The van der Waals surface area contributed by atoms with Gasteiger partial charge < -0.3 is 10.5 Å². The van der Waals surface area contributed by atoms with Crippen molar-refractivity contribution in [2.75, 3.05) is 19.4 Å². The van der Waals surface area contributed by atoms with E-state index in [9.17, 15) is 9.59 Å². The lowest BCUT2D eigenvalue weighted by Gasteiger charge is -2.10. The number of rotatable bonds is 5. The molecule has 7 heteroatoms. The van der Waals surface area contributed by atoms with E-state index in [0.29, 0.717) is 5.69 Å². The lowest BCUT2D eigenvalue weighted by Crippen LogP contribution is -2.28. The molecular weight excluding hydrogens is 266 g/mol. The zero-order valence-electron chi connectivity index (χ0n) is 10.9. The second-order valence-corrected chi connectivity index (χ2v) is 5.27. The van der Waals surface area contributed by atoms with Crippen molar-refractivity contribution in [1.29, 1.82) is 0 Å². The summed E-state index contributed by atoms with van der Waals surface area (Å²) >= 11 is 1.50. The Bertz CT molecular complexity index is 515. The molecule has 0 fully saturated rings. The third-order valence-electron chi connectivity index (χ3n) is 2.03. The average molecular weight is 281 g/mol. The number of nitrogens with zero attached hydrogens (tertiary/aromatic N) is 2. The molecule has 0 aromatic heterocycles. The van der Waals surface area contributed by atoms with E-state index >= 15 is 0 Å². The first kappa shape index (κ1) is 15.2. The molecule has 2 N–H and O–H groups in total. The lowest BCUT2D eigenvalue weighted by atomic mass is 10.2. The van der Waals surface area contributed by atoms with Crippen molar-refractivity contribution in [2.24, 2.45) is 5.16 Å². The van der Waals surface area contributed by atoms with Crippen LogP contribution in [0, 0.1) is 0 Å². The minimum absolute atomic E-state index is 0.523. The Kier molecular flexibility index (Phi) is 5.53. The van der Waals surface area contributed by atoms with E-state index in [1.807, 2.05) is 24.5 Å². The molecule has 1 rings (SSSR count). The summed E-state index contributed by atoms with van der Waals surface area (Å²) in [5.41, 5.74) is 0.00455. The molecule has 6 nitrogen and oxygen atoms in total. The van der Waals surface area contributed by atoms with Gasteiger partial charge in [-0.25, -0.2) is 0 Å². The van der Waals surface area contributed by atoms with Crippen molar-refractivity contribution in [3.05, 3.63) is 24.3 Å². The molecule has 1 aromatic rings. The van der Waals surface area contributed by atoms with Crippen LogP contribution < -0.4 is 5.32 Å². The van der Waals surface area contributed by atoms with Gasteiger partial charge in [0, 0.05) is 17.5 Å². The topological polar surface area (TPSA) is 82.0 Å². The van der Waals surface area contributed by atoms with Crippen LogP contribution in [0.4, 0.5) is 5.69 Å². The van der Waals surface area contributed by atoms with Gasteiger partial charge in [0.15, 0.2) is 5.78 Å². The minimum atomic E-state index is -0.734. The van der Waals surface area contributed by atoms with E-state index in [1.54, 1.807) is 18.2 Å². The molecule has 0 saturated heterocycles. The highest BCUT2D eigenvalue weighted by atomic mass is 32.2. The second kappa shape index (κ2) is 6.91. The largest absolute Gasteiger partial charge is 0.410 e. The van der Waals surface area contributed by atoms with Gasteiger partial charge in [-0.3, -0.25) is 13.9 Å². The Balaban J connectivity index is 2.82. The van der Waals surface area contributed by atoms with Gasteiger partial charge in [-0.05, 0) is 44.2 Å². The molecule has 0 atom stereocenters. The number of carbonyl (C=O) groups is 2. The van der Waals surface area contributed by atoms with Gasteiger partial charge in [-0.1, -0.05) is 11.2 Å². The van der Waals surface area contributed by atoms with Crippen LogP contribution in [0.2, 0.25) is 0 Å². The summed E-state index contributed by atoms with van der Waals surface area (Å²) in [5.74, 6) is -1.33. The molecule has 0 unspecified atom stereocenters. The first-order valence-electron chi connectivity index (χ1n) is 5.43. The number of benzene rings is 1. The smallest absolute Gasteiger partial charge is 0.281 e. The molecule has 1 aromatic carbocycles. The van der Waals surface area contributed by atoms with Crippen LogP contribution in [0.3, 0.4) is 0 Å². The zero-order chi connectivity index (χ0) is 14.4. The van der Waals surface area contributed by atoms with Crippen LogP contribution >= 0.6 is 11.9 Å². The number of oxime groups is 1. The molecule has 0 aliphatic carbocycles. The van der Waals surface area contributed by atoms with Gasteiger partial charge >= 0.3 is 0 Å². The van der Waals surface area contributed by atoms with Crippen molar-refractivity contribution >= 4 is 35.0 Å². The van der Waals surface area contributed by atoms with Crippen molar-refractivity contribution < 1.29 is 14.8 Å². The highest BCUT2D eigenvalue weighted by Crippen LogP contribution is 2.22. The Labute approximate surface area is 115 Å². The molecular formula is C12H15N3O3S. The van der Waals surface area contributed by atoms with Crippen LogP contribution in [0.15, 0.2) is 34.3 Å². The molecule has 0 aliphatic rings. The van der Waals surface area contributed by atoms with Crippen LogP contribution in [-0.2, 0) is 9.59 Å². The number of hydrogen-bond donors (Lipinski definition) is 2. The molecule has 0 spiro atoms. The maximum absolute atomic E-state index is 11.7. The van der Waals surface area contributed by atoms with Gasteiger partial charge in [-0.15, -0.1) is 0 Å². The number of amides is 1. The summed E-state index contributed by atoms with van der Waals surface area (Å²) < 4.78 is 1.91. The predicted octanol–water partition coefficient (Wildman–Crippen LogP) is 1.61. The summed E-state index contributed by atoms with van der Waals surface area (Å²) in [5, 5.41) is 13.8. The maximum Gasteiger partial charge on any atom is 0.281 e. The Morgan fingerprint density at radius 3 is 2.58 bits per heavy atom. The number of ketones is 1. The van der Waals surface area contributed by atoms with Gasteiger partial charge in [0.2, 0.25) is 5.71 Å². The van der Waals surface area contributed by atoms with Crippen LogP contribution in [0.25, 0.3) is 0 Å². The van der Waals surface area contributed by atoms with E-state index in [2.05, 4.69) is 10.5 Å². The zero-order valence-corrected chi connectivity index (χ0v) is 11.7. The summed E-state index contributed by atoms with van der Waals surface area (Å²) in [4.78, 5) is 23.7. The summed E-state index contributed by atoms with van der Waals surface area (Å²) in [6.45, 7) is 1.16. The molecule has 0 aliphatic heterocycles. The van der Waals surface area contributed by atoms with Crippen LogP contribution in [-0.4, -0.2) is 41.0 Å². The molecule has 0 bridgehead atoms. The van der Waals surface area contributed by atoms with Gasteiger partial charge in [-0.2, -0.15) is 0 Å². The number of anilines is 1. The fourth-order valence-electron chi connectivity index (χ4n) is 1.31. The fraction of sp³-hybridized carbons (Fsp3) is 0.250. The first-order chi connectivity index (χ1) is 8.93.